The molecule has 2 saturated heterocycles. The van der Waals surface area contributed by atoms with Crippen LogP contribution in [0.5, 0.6) is 0 Å². The Hall–Kier alpha value is -2.97. The monoisotopic (exact) mass is 445 g/mol. The van der Waals surface area contributed by atoms with Gasteiger partial charge in [-0.3, -0.25) is 19.7 Å². The second kappa shape index (κ2) is 8.18. The quantitative estimate of drug-likeness (QED) is 0.706. The number of amides is 4. The lowest BCUT2D eigenvalue weighted by molar-refractivity contribution is -0.136. The summed E-state index contributed by atoms with van der Waals surface area (Å²) >= 11 is 0. The molecule has 4 amide bonds. The first-order valence-electron chi connectivity index (χ1n) is 11.0. The number of piperidine rings is 2. The predicted molar refractivity (Wildman–Crippen MR) is 112 cm³/mol. The Morgan fingerprint density at radius 2 is 1.94 bits per heavy atom. The molecule has 32 heavy (non-hydrogen) atoms. The van der Waals surface area contributed by atoms with Crippen LogP contribution in [-0.2, 0) is 20.9 Å². The highest BCUT2D eigenvalue weighted by molar-refractivity contribution is 6.05. The first-order valence-corrected chi connectivity index (χ1v) is 11.0. The van der Waals surface area contributed by atoms with Gasteiger partial charge in [-0.25, -0.2) is 9.18 Å². The number of rotatable bonds is 2. The van der Waals surface area contributed by atoms with Crippen molar-refractivity contribution in [2.45, 2.75) is 70.6 Å². The van der Waals surface area contributed by atoms with Crippen molar-refractivity contribution in [2.24, 2.45) is 0 Å². The second-order valence-electron chi connectivity index (χ2n) is 9.69. The molecule has 0 saturated carbocycles. The number of likely N-dealkylation sites (tertiary alicyclic amines) is 1. The second-order valence-corrected chi connectivity index (χ2v) is 9.69. The molecule has 0 aromatic heterocycles. The van der Waals surface area contributed by atoms with E-state index >= 15 is 0 Å². The Bertz CT molecular complexity index is 987. The van der Waals surface area contributed by atoms with Crippen molar-refractivity contribution in [2.75, 3.05) is 13.1 Å². The third-order valence-corrected chi connectivity index (χ3v) is 6.17. The lowest BCUT2D eigenvalue weighted by Gasteiger charge is -2.35. The van der Waals surface area contributed by atoms with E-state index in [9.17, 15) is 23.6 Å². The number of imide groups is 1. The largest absolute Gasteiger partial charge is 0.444 e. The summed E-state index contributed by atoms with van der Waals surface area (Å²) in [5.41, 5.74) is 1.02. The average molecular weight is 445 g/mol. The minimum Gasteiger partial charge on any atom is -0.444 e. The van der Waals surface area contributed by atoms with E-state index in [0.29, 0.717) is 24.2 Å². The maximum atomic E-state index is 14.5. The molecule has 4 rings (SSSR count). The molecular formula is C23H28FN3O5. The first kappa shape index (κ1) is 22.2. The fraction of sp³-hybridized carbons (Fsp3) is 0.565. The summed E-state index contributed by atoms with van der Waals surface area (Å²) in [7, 11) is 0. The minimum absolute atomic E-state index is 0.143. The van der Waals surface area contributed by atoms with Crippen LogP contribution in [0.25, 0.3) is 0 Å². The molecule has 9 heteroatoms. The lowest BCUT2D eigenvalue weighted by Crippen LogP contribution is -2.52. The Morgan fingerprint density at radius 3 is 2.62 bits per heavy atom. The van der Waals surface area contributed by atoms with E-state index in [2.05, 4.69) is 5.32 Å². The molecular weight excluding hydrogens is 417 g/mol. The van der Waals surface area contributed by atoms with Crippen LogP contribution in [0.3, 0.4) is 0 Å². The van der Waals surface area contributed by atoms with E-state index in [-0.39, 0.29) is 36.8 Å². The third-order valence-electron chi connectivity index (χ3n) is 6.17. The van der Waals surface area contributed by atoms with Gasteiger partial charge in [0.25, 0.3) is 5.91 Å². The number of ether oxygens (including phenoxy) is 1. The normalized spacial score (nSPS) is 23.8. The zero-order valence-electron chi connectivity index (χ0n) is 18.6. The topological polar surface area (TPSA) is 96.0 Å². The van der Waals surface area contributed by atoms with Crippen molar-refractivity contribution in [1.82, 2.24) is 15.1 Å². The molecule has 0 radical (unpaired) electrons. The van der Waals surface area contributed by atoms with Gasteiger partial charge in [0.05, 0.1) is 0 Å². The lowest BCUT2D eigenvalue weighted by atomic mass is 9.86. The van der Waals surface area contributed by atoms with Gasteiger partial charge >= 0.3 is 6.09 Å². The molecule has 2 fully saturated rings. The summed E-state index contributed by atoms with van der Waals surface area (Å²) < 4.78 is 20.0. The third kappa shape index (κ3) is 4.33. The van der Waals surface area contributed by atoms with E-state index < -0.39 is 35.4 Å². The molecule has 172 valence electrons. The number of hydrogen-bond acceptors (Lipinski definition) is 5. The summed E-state index contributed by atoms with van der Waals surface area (Å²) in [6.45, 7) is 6.53. The van der Waals surface area contributed by atoms with E-state index in [1.54, 1.807) is 25.7 Å². The van der Waals surface area contributed by atoms with Gasteiger partial charge in [-0.15, -0.1) is 0 Å². The molecule has 2 unspecified atom stereocenters. The van der Waals surface area contributed by atoms with Gasteiger partial charge < -0.3 is 14.5 Å². The molecule has 1 aromatic carbocycles. The van der Waals surface area contributed by atoms with Crippen LogP contribution in [0.4, 0.5) is 9.18 Å². The highest BCUT2D eigenvalue weighted by Crippen LogP contribution is 2.37. The van der Waals surface area contributed by atoms with Crippen LogP contribution in [0, 0.1) is 5.82 Å². The predicted octanol–water partition coefficient (Wildman–Crippen LogP) is 2.70. The number of fused-ring (bicyclic) bond motifs is 1. The van der Waals surface area contributed by atoms with Gasteiger partial charge in [0, 0.05) is 37.5 Å². The molecule has 3 aliphatic rings. The van der Waals surface area contributed by atoms with Crippen LogP contribution in [0.2, 0.25) is 0 Å². The Kier molecular flexibility index (Phi) is 5.68. The number of nitrogens with one attached hydrogen (secondary N) is 1. The van der Waals surface area contributed by atoms with Gasteiger partial charge in [0.15, 0.2) is 0 Å². The number of nitrogens with zero attached hydrogens (tertiary/aromatic N) is 2. The van der Waals surface area contributed by atoms with Crippen molar-refractivity contribution in [1.29, 1.82) is 0 Å². The Labute approximate surface area is 186 Å². The molecule has 0 aliphatic carbocycles. The van der Waals surface area contributed by atoms with Gasteiger partial charge in [-0.1, -0.05) is 0 Å². The molecule has 1 aromatic rings. The Balaban J connectivity index is 1.58. The molecule has 8 nitrogen and oxygen atoms in total. The van der Waals surface area contributed by atoms with Crippen molar-refractivity contribution in [3.63, 3.8) is 0 Å². The van der Waals surface area contributed by atoms with Crippen molar-refractivity contribution >= 4 is 23.8 Å². The van der Waals surface area contributed by atoms with E-state index in [0.717, 1.165) is 12.8 Å². The van der Waals surface area contributed by atoms with Crippen molar-refractivity contribution in [3.8, 4) is 0 Å². The number of carbonyl (C=O) groups is 4. The summed E-state index contributed by atoms with van der Waals surface area (Å²) in [4.78, 5) is 52.5. The highest BCUT2D eigenvalue weighted by atomic mass is 19.1. The standard InChI is InChI=1S/C23H28FN3O5/c1-23(2,3)32-22(31)26-8-4-5-13(11-26)15-9-14(24)10-16-17(15)12-27(21(16)30)18-6-7-19(28)25-20(18)29/h9-10,13,18H,4-8,11-12H2,1-3H3,(H,25,28,29). The smallest absolute Gasteiger partial charge is 0.410 e. The molecule has 2 atom stereocenters. The van der Waals surface area contributed by atoms with Gasteiger partial charge in [-0.2, -0.15) is 0 Å². The fourth-order valence-corrected chi connectivity index (χ4v) is 4.74. The van der Waals surface area contributed by atoms with Gasteiger partial charge in [-0.05, 0) is 63.3 Å². The maximum absolute atomic E-state index is 14.5. The number of hydrogen-bond donors (Lipinski definition) is 1. The number of halogens is 1. The number of carbonyl (C=O) groups excluding carboxylic acids is 4. The van der Waals surface area contributed by atoms with E-state index in [4.69, 9.17) is 4.74 Å². The van der Waals surface area contributed by atoms with Gasteiger partial charge in [0.2, 0.25) is 11.8 Å². The van der Waals surface area contributed by atoms with E-state index in [1.165, 1.54) is 17.0 Å². The first-order chi connectivity index (χ1) is 15.0. The number of benzene rings is 1. The maximum Gasteiger partial charge on any atom is 0.410 e. The Morgan fingerprint density at radius 1 is 1.19 bits per heavy atom. The van der Waals surface area contributed by atoms with E-state index in [1.807, 2.05) is 0 Å². The average Bonchev–Trinajstić information content (AvgIpc) is 3.02. The van der Waals surface area contributed by atoms with Crippen LogP contribution in [0.1, 0.15) is 73.9 Å². The van der Waals surface area contributed by atoms with Crippen molar-refractivity contribution in [3.05, 3.63) is 34.6 Å². The molecule has 1 N–H and O–H groups in total. The van der Waals surface area contributed by atoms with Crippen molar-refractivity contribution < 1.29 is 28.3 Å². The summed E-state index contributed by atoms with van der Waals surface area (Å²) in [6, 6.07) is 1.89. The van der Waals surface area contributed by atoms with Crippen LogP contribution < -0.4 is 5.32 Å². The van der Waals surface area contributed by atoms with Crippen LogP contribution in [0.15, 0.2) is 12.1 Å². The summed E-state index contributed by atoms with van der Waals surface area (Å²) in [5, 5.41) is 2.28. The molecule has 3 heterocycles. The SMILES string of the molecule is CC(C)(C)OC(=O)N1CCCC(c2cc(F)cc3c2CN(C2CCC(=O)NC2=O)C3=O)C1. The molecule has 3 aliphatic heterocycles. The molecule has 0 bridgehead atoms. The van der Waals surface area contributed by atoms with Crippen LogP contribution >= 0.6 is 0 Å². The van der Waals surface area contributed by atoms with Gasteiger partial charge in [0.1, 0.15) is 17.5 Å². The minimum atomic E-state index is -0.756. The molecule has 0 spiro atoms. The zero-order chi connectivity index (χ0) is 23.2. The summed E-state index contributed by atoms with van der Waals surface area (Å²) in [6.07, 6.45) is 1.49. The fourth-order valence-electron chi connectivity index (χ4n) is 4.74. The highest BCUT2D eigenvalue weighted by Gasteiger charge is 2.41. The summed E-state index contributed by atoms with van der Waals surface area (Å²) in [5.74, 6) is -1.93. The van der Waals surface area contributed by atoms with Crippen LogP contribution in [-0.4, -0.2) is 58.3 Å². The zero-order valence-corrected chi connectivity index (χ0v) is 18.6.